The van der Waals surface area contributed by atoms with Gasteiger partial charge in [0.25, 0.3) is 0 Å². The molecule has 0 spiro atoms. The van der Waals surface area contributed by atoms with Gasteiger partial charge in [0.15, 0.2) is 0 Å². The molecule has 0 unspecified atom stereocenters. The van der Waals surface area contributed by atoms with Crippen LogP contribution < -0.4 is 0 Å². The van der Waals surface area contributed by atoms with Gasteiger partial charge < -0.3 is 9.30 Å². The standard InChI is InChI=1S/C18H17NO2/c1-21-18(20)12-15-7-8-16-9-10-19(17(16)11-15)13-14-5-3-2-4-6-14/h2-11H,12-13H2,1H3. The molecule has 106 valence electrons. The second kappa shape index (κ2) is 5.83. The Morgan fingerprint density at radius 2 is 1.86 bits per heavy atom. The van der Waals surface area contributed by atoms with E-state index in [0.29, 0.717) is 6.42 Å². The zero-order valence-corrected chi connectivity index (χ0v) is 12.0. The van der Waals surface area contributed by atoms with Gasteiger partial charge in [-0.3, -0.25) is 4.79 Å². The zero-order chi connectivity index (χ0) is 14.7. The van der Waals surface area contributed by atoms with E-state index in [1.807, 2.05) is 24.3 Å². The van der Waals surface area contributed by atoms with E-state index in [9.17, 15) is 4.79 Å². The summed E-state index contributed by atoms with van der Waals surface area (Å²) in [6.45, 7) is 0.825. The van der Waals surface area contributed by atoms with E-state index < -0.39 is 0 Å². The fourth-order valence-electron chi connectivity index (χ4n) is 2.50. The molecule has 0 N–H and O–H groups in total. The lowest BCUT2D eigenvalue weighted by atomic mass is 10.1. The zero-order valence-electron chi connectivity index (χ0n) is 12.0. The molecule has 0 fully saturated rings. The maximum Gasteiger partial charge on any atom is 0.309 e. The number of carbonyl (C=O) groups is 1. The van der Waals surface area contributed by atoms with Crippen molar-refractivity contribution in [3.8, 4) is 0 Å². The number of ether oxygens (including phenoxy) is 1. The number of rotatable bonds is 4. The molecule has 3 heteroatoms. The minimum absolute atomic E-state index is 0.212. The summed E-state index contributed by atoms with van der Waals surface area (Å²) >= 11 is 0. The third kappa shape index (κ3) is 2.97. The smallest absolute Gasteiger partial charge is 0.309 e. The van der Waals surface area contributed by atoms with Crippen molar-refractivity contribution in [1.29, 1.82) is 0 Å². The molecular formula is C18H17NO2. The molecular weight excluding hydrogens is 262 g/mol. The summed E-state index contributed by atoms with van der Waals surface area (Å²) in [5, 5.41) is 1.18. The number of esters is 1. The van der Waals surface area contributed by atoms with E-state index in [1.165, 1.54) is 18.1 Å². The molecule has 3 aromatic rings. The van der Waals surface area contributed by atoms with Gasteiger partial charge in [-0.1, -0.05) is 42.5 Å². The van der Waals surface area contributed by atoms with Gasteiger partial charge >= 0.3 is 5.97 Å². The SMILES string of the molecule is COC(=O)Cc1ccc2ccn(Cc3ccccc3)c2c1. The van der Waals surface area contributed by atoms with Crippen molar-refractivity contribution >= 4 is 16.9 Å². The molecule has 0 atom stereocenters. The van der Waals surface area contributed by atoms with Crippen LogP contribution in [0.1, 0.15) is 11.1 Å². The van der Waals surface area contributed by atoms with Crippen LogP contribution in [0.3, 0.4) is 0 Å². The Balaban J connectivity index is 1.92. The average molecular weight is 279 g/mol. The maximum absolute atomic E-state index is 11.4. The van der Waals surface area contributed by atoms with Gasteiger partial charge in [-0.15, -0.1) is 0 Å². The summed E-state index contributed by atoms with van der Waals surface area (Å²) in [5.41, 5.74) is 3.37. The first kappa shape index (κ1) is 13.4. The summed E-state index contributed by atoms with van der Waals surface area (Å²) in [7, 11) is 1.42. The molecule has 3 rings (SSSR count). The van der Waals surface area contributed by atoms with E-state index in [1.54, 1.807) is 0 Å². The summed E-state index contributed by atoms with van der Waals surface area (Å²) < 4.78 is 6.93. The van der Waals surface area contributed by atoms with E-state index in [4.69, 9.17) is 4.74 Å². The Morgan fingerprint density at radius 1 is 1.05 bits per heavy atom. The van der Waals surface area contributed by atoms with Gasteiger partial charge in [0.2, 0.25) is 0 Å². The topological polar surface area (TPSA) is 31.2 Å². The van der Waals surface area contributed by atoms with Crippen LogP contribution in [-0.2, 0) is 22.5 Å². The van der Waals surface area contributed by atoms with Crippen molar-refractivity contribution in [3.05, 3.63) is 71.9 Å². The second-order valence-electron chi connectivity index (χ2n) is 5.08. The monoisotopic (exact) mass is 279 g/mol. The molecule has 0 amide bonds. The van der Waals surface area contributed by atoms with Crippen LogP contribution in [-0.4, -0.2) is 17.6 Å². The maximum atomic E-state index is 11.4. The third-order valence-corrected chi connectivity index (χ3v) is 3.61. The average Bonchev–Trinajstić information content (AvgIpc) is 2.91. The lowest BCUT2D eigenvalue weighted by Gasteiger charge is -2.07. The number of fused-ring (bicyclic) bond motifs is 1. The highest BCUT2D eigenvalue weighted by Crippen LogP contribution is 2.19. The minimum atomic E-state index is -0.212. The first-order chi connectivity index (χ1) is 10.3. The van der Waals surface area contributed by atoms with Crippen molar-refractivity contribution in [1.82, 2.24) is 4.57 Å². The Bertz CT molecular complexity index is 759. The molecule has 21 heavy (non-hydrogen) atoms. The molecule has 0 aliphatic rings. The van der Waals surface area contributed by atoms with E-state index in [-0.39, 0.29) is 5.97 Å². The summed E-state index contributed by atoms with van der Waals surface area (Å²) in [6.07, 6.45) is 2.39. The Morgan fingerprint density at radius 3 is 2.62 bits per heavy atom. The number of hydrogen-bond donors (Lipinski definition) is 0. The number of carbonyl (C=O) groups excluding carboxylic acids is 1. The van der Waals surface area contributed by atoms with Gasteiger partial charge in [-0.2, -0.15) is 0 Å². The number of nitrogens with zero attached hydrogens (tertiary/aromatic N) is 1. The van der Waals surface area contributed by atoms with Crippen molar-refractivity contribution < 1.29 is 9.53 Å². The molecule has 0 aliphatic carbocycles. The van der Waals surface area contributed by atoms with Gasteiger partial charge in [0, 0.05) is 18.3 Å². The van der Waals surface area contributed by atoms with E-state index >= 15 is 0 Å². The molecule has 3 nitrogen and oxygen atoms in total. The van der Waals surface area contributed by atoms with Crippen LogP contribution >= 0.6 is 0 Å². The lowest BCUT2D eigenvalue weighted by molar-refractivity contribution is -0.139. The molecule has 1 aromatic heterocycles. The summed E-state index contributed by atoms with van der Waals surface area (Å²) in [4.78, 5) is 11.4. The first-order valence-electron chi connectivity index (χ1n) is 6.95. The summed E-state index contributed by atoms with van der Waals surface area (Å²) in [6, 6.07) is 18.5. The Hall–Kier alpha value is -2.55. The van der Waals surface area contributed by atoms with Crippen molar-refractivity contribution in [2.75, 3.05) is 7.11 Å². The normalized spacial score (nSPS) is 10.7. The first-order valence-corrected chi connectivity index (χ1v) is 6.95. The Kier molecular flexibility index (Phi) is 3.73. The number of methoxy groups -OCH3 is 1. The highest BCUT2D eigenvalue weighted by molar-refractivity contribution is 5.82. The number of hydrogen-bond acceptors (Lipinski definition) is 2. The van der Waals surface area contributed by atoms with Gasteiger partial charge in [0.1, 0.15) is 0 Å². The predicted octanol–water partition coefficient (Wildman–Crippen LogP) is 3.41. The van der Waals surface area contributed by atoms with Gasteiger partial charge in [-0.25, -0.2) is 0 Å². The van der Waals surface area contributed by atoms with E-state index in [0.717, 1.165) is 17.6 Å². The van der Waals surface area contributed by atoms with Crippen LogP contribution in [0.2, 0.25) is 0 Å². The van der Waals surface area contributed by atoms with Crippen molar-refractivity contribution in [3.63, 3.8) is 0 Å². The number of benzene rings is 2. The molecule has 0 saturated heterocycles. The predicted molar refractivity (Wildman–Crippen MR) is 83.2 cm³/mol. The summed E-state index contributed by atoms with van der Waals surface area (Å²) in [5.74, 6) is -0.212. The van der Waals surface area contributed by atoms with E-state index in [2.05, 4.69) is 41.1 Å². The largest absolute Gasteiger partial charge is 0.469 e. The molecule has 0 bridgehead atoms. The molecule has 0 saturated carbocycles. The third-order valence-electron chi connectivity index (χ3n) is 3.61. The second-order valence-corrected chi connectivity index (χ2v) is 5.08. The van der Waals surface area contributed by atoms with Gasteiger partial charge in [0.05, 0.1) is 13.5 Å². The highest BCUT2D eigenvalue weighted by atomic mass is 16.5. The van der Waals surface area contributed by atoms with Crippen molar-refractivity contribution in [2.45, 2.75) is 13.0 Å². The lowest BCUT2D eigenvalue weighted by Crippen LogP contribution is -2.04. The van der Waals surface area contributed by atoms with Crippen LogP contribution in [0.25, 0.3) is 10.9 Å². The van der Waals surface area contributed by atoms with Crippen LogP contribution in [0.5, 0.6) is 0 Å². The van der Waals surface area contributed by atoms with Crippen LogP contribution in [0.4, 0.5) is 0 Å². The quantitative estimate of drug-likeness (QED) is 0.685. The minimum Gasteiger partial charge on any atom is -0.469 e. The van der Waals surface area contributed by atoms with Gasteiger partial charge in [-0.05, 0) is 28.6 Å². The number of aromatic nitrogens is 1. The Labute approximate surface area is 123 Å². The fraction of sp³-hybridized carbons (Fsp3) is 0.167. The van der Waals surface area contributed by atoms with Crippen LogP contribution in [0, 0.1) is 0 Å². The molecule has 0 aliphatic heterocycles. The highest BCUT2D eigenvalue weighted by Gasteiger charge is 2.06. The fourth-order valence-corrected chi connectivity index (χ4v) is 2.50. The van der Waals surface area contributed by atoms with Crippen molar-refractivity contribution in [2.24, 2.45) is 0 Å². The van der Waals surface area contributed by atoms with Crippen LogP contribution in [0.15, 0.2) is 60.8 Å². The molecule has 0 radical (unpaired) electrons. The molecule has 2 aromatic carbocycles. The molecule has 1 heterocycles.